The number of rotatable bonds is 5. The summed E-state index contributed by atoms with van der Waals surface area (Å²) in [4.78, 5) is 30.6. The molecule has 32 heavy (non-hydrogen) atoms. The number of para-hydroxylation sites is 1. The minimum atomic E-state index is -0.309. The van der Waals surface area contributed by atoms with Crippen LogP contribution in [0.4, 0.5) is 5.69 Å². The quantitative estimate of drug-likeness (QED) is 0.253. The zero-order valence-electron chi connectivity index (χ0n) is 16.7. The maximum atomic E-state index is 13.4. The van der Waals surface area contributed by atoms with E-state index in [1.807, 2.05) is 13.0 Å². The molecule has 0 aliphatic carbocycles. The lowest BCUT2D eigenvalue weighted by Crippen LogP contribution is -2.23. The normalized spacial score (nSPS) is 11.0. The number of anilines is 1. The highest BCUT2D eigenvalue weighted by Gasteiger charge is 2.17. The number of hydrogen-bond donors (Lipinski definition) is 1. The molecule has 0 spiro atoms. The molecule has 0 unspecified atom stereocenters. The van der Waals surface area contributed by atoms with Crippen LogP contribution in [0.3, 0.4) is 0 Å². The predicted octanol–water partition coefficient (Wildman–Crippen LogP) is 6.39. The van der Waals surface area contributed by atoms with E-state index in [0.717, 1.165) is 17.3 Å². The first-order chi connectivity index (χ1) is 15.4. The number of thioether (sulfide) groups is 1. The number of hydrogen-bond acceptors (Lipinski definition) is 4. The Morgan fingerprint density at radius 3 is 2.53 bits per heavy atom. The Bertz CT molecular complexity index is 1410. The van der Waals surface area contributed by atoms with Gasteiger partial charge in [-0.1, -0.05) is 70.8 Å². The first kappa shape index (κ1) is 22.7. The van der Waals surface area contributed by atoms with Crippen molar-refractivity contribution in [2.45, 2.75) is 12.1 Å². The Morgan fingerprint density at radius 1 is 1.00 bits per heavy atom. The number of carbonyl (C=O) groups excluding carboxylic acids is 1. The molecule has 0 bridgehead atoms. The van der Waals surface area contributed by atoms with Crippen LogP contribution in [0.2, 0.25) is 15.1 Å². The molecule has 0 aliphatic rings. The minimum absolute atomic E-state index is 0.00718. The number of nitrogens with one attached hydrogen (secondary N) is 1. The summed E-state index contributed by atoms with van der Waals surface area (Å²) in [5.41, 5.74) is 2.09. The smallest absolute Gasteiger partial charge is 0.266 e. The fourth-order valence-corrected chi connectivity index (χ4v) is 4.50. The van der Waals surface area contributed by atoms with Gasteiger partial charge in [-0.05, 0) is 48.9 Å². The maximum Gasteiger partial charge on any atom is 0.266 e. The lowest BCUT2D eigenvalue weighted by Gasteiger charge is -2.16. The lowest BCUT2D eigenvalue weighted by atomic mass is 10.2. The van der Waals surface area contributed by atoms with Gasteiger partial charge in [0.05, 0.1) is 38.1 Å². The fourth-order valence-electron chi connectivity index (χ4n) is 3.18. The Labute approximate surface area is 203 Å². The van der Waals surface area contributed by atoms with Crippen LogP contribution < -0.4 is 10.9 Å². The summed E-state index contributed by atoms with van der Waals surface area (Å²) in [7, 11) is 0. The molecule has 9 heteroatoms. The van der Waals surface area contributed by atoms with Gasteiger partial charge in [0, 0.05) is 5.02 Å². The van der Waals surface area contributed by atoms with Crippen molar-refractivity contribution in [3.05, 3.63) is 91.6 Å². The number of fused-ring (bicyclic) bond motifs is 1. The summed E-state index contributed by atoms with van der Waals surface area (Å²) in [6.45, 7) is 1.83. The van der Waals surface area contributed by atoms with Crippen LogP contribution in [0.1, 0.15) is 5.56 Å². The van der Waals surface area contributed by atoms with Crippen LogP contribution in [0.15, 0.2) is 70.6 Å². The molecular formula is C23H16Cl3N3O2S. The van der Waals surface area contributed by atoms with Gasteiger partial charge in [-0.3, -0.25) is 14.2 Å². The standard InChI is InChI=1S/C23H16Cl3N3O2S/c1-13-15(24)7-5-11-19(13)29-22(31)14-6-2-3-9-17(14)28-23(29)32-12-20(30)27-18-10-4-8-16(25)21(18)26/h2-11H,12H2,1H3,(H,27,30). The van der Waals surface area contributed by atoms with Crippen molar-refractivity contribution in [1.82, 2.24) is 9.55 Å². The number of benzene rings is 3. The van der Waals surface area contributed by atoms with E-state index >= 15 is 0 Å². The molecule has 1 aromatic heterocycles. The second kappa shape index (κ2) is 9.55. The van der Waals surface area contributed by atoms with Crippen molar-refractivity contribution in [2.75, 3.05) is 11.1 Å². The zero-order valence-corrected chi connectivity index (χ0v) is 19.8. The highest BCUT2D eigenvalue weighted by atomic mass is 35.5. The molecular weight excluding hydrogens is 489 g/mol. The first-order valence-electron chi connectivity index (χ1n) is 9.50. The van der Waals surface area contributed by atoms with Crippen LogP contribution in [0.25, 0.3) is 16.6 Å². The number of amides is 1. The van der Waals surface area contributed by atoms with E-state index in [4.69, 9.17) is 34.8 Å². The highest BCUT2D eigenvalue weighted by Crippen LogP contribution is 2.30. The molecule has 1 heterocycles. The van der Waals surface area contributed by atoms with E-state index in [9.17, 15) is 9.59 Å². The van der Waals surface area contributed by atoms with Crippen molar-refractivity contribution in [1.29, 1.82) is 0 Å². The maximum absolute atomic E-state index is 13.4. The van der Waals surface area contributed by atoms with Crippen LogP contribution in [0, 0.1) is 6.92 Å². The van der Waals surface area contributed by atoms with Crippen LogP contribution in [0.5, 0.6) is 0 Å². The first-order valence-corrected chi connectivity index (χ1v) is 11.6. The van der Waals surface area contributed by atoms with E-state index in [1.54, 1.807) is 54.6 Å². The molecule has 0 saturated heterocycles. The van der Waals surface area contributed by atoms with Crippen LogP contribution in [-0.2, 0) is 4.79 Å². The summed E-state index contributed by atoms with van der Waals surface area (Å²) in [5.74, 6) is -0.302. The van der Waals surface area contributed by atoms with Crippen molar-refractivity contribution in [3.8, 4) is 5.69 Å². The predicted molar refractivity (Wildman–Crippen MR) is 133 cm³/mol. The topological polar surface area (TPSA) is 64.0 Å². The van der Waals surface area contributed by atoms with Gasteiger partial charge in [0.15, 0.2) is 5.16 Å². The second-order valence-corrected chi connectivity index (χ2v) is 9.01. The van der Waals surface area contributed by atoms with Gasteiger partial charge in [0.1, 0.15) is 0 Å². The Morgan fingerprint density at radius 2 is 1.72 bits per heavy atom. The number of carbonyl (C=O) groups is 1. The third-order valence-corrected chi connectivity index (χ3v) is 6.95. The summed E-state index contributed by atoms with van der Waals surface area (Å²) in [6.07, 6.45) is 0. The number of aromatic nitrogens is 2. The van der Waals surface area contributed by atoms with Gasteiger partial charge in [-0.25, -0.2) is 4.98 Å². The Balaban J connectivity index is 1.71. The molecule has 0 saturated carbocycles. The summed E-state index contributed by atoms with van der Waals surface area (Å²) >= 11 is 19.6. The SMILES string of the molecule is Cc1c(Cl)cccc1-n1c(SCC(=O)Nc2cccc(Cl)c2Cl)nc2ccccc2c1=O. The molecule has 3 aromatic carbocycles. The summed E-state index contributed by atoms with van der Waals surface area (Å²) in [6, 6.07) is 17.4. The van der Waals surface area contributed by atoms with E-state index in [0.29, 0.717) is 37.5 Å². The molecule has 0 atom stereocenters. The second-order valence-electron chi connectivity index (χ2n) is 6.87. The fraction of sp³-hybridized carbons (Fsp3) is 0.0870. The lowest BCUT2D eigenvalue weighted by molar-refractivity contribution is -0.113. The molecule has 0 aliphatic heterocycles. The highest BCUT2D eigenvalue weighted by molar-refractivity contribution is 7.99. The Hall–Kier alpha value is -2.51. The molecule has 0 fully saturated rings. The Kier molecular flexibility index (Phi) is 6.76. The van der Waals surface area contributed by atoms with Crippen molar-refractivity contribution < 1.29 is 4.79 Å². The van der Waals surface area contributed by atoms with Crippen molar-refractivity contribution >= 4 is 69.1 Å². The summed E-state index contributed by atoms with van der Waals surface area (Å²) in [5, 5.41) is 4.75. The van der Waals surface area contributed by atoms with Gasteiger partial charge in [-0.15, -0.1) is 0 Å². The van der Waals surface area contributed by atoms with E-state index in [-0.39, 0.29) is 22.2 Å². The largest absolute Gasteiger partial charge is 0.324 e. The monoisotopic (exact) mass is 503 g/mol. The van der Waals surface area contributed by atoms with Gasteiger partial charge in [0.2, 0.25) is 5.91 Å². The van der Waals surface area contributed by atoms with Crippen LogP contribution in [-0.4, -0.2) is 21.2 Å². The van der Waals surface area contributed by atoms with E-state index < -0.39 is 0 Å². The van der Waals surface area contributed by atoms with E-state index in [2.05, 4.69) is 10.3 Å². The average Bonchev–Trinajstić information content (AvgIpc) is 2.78. The molecule has 1 N–H and O–H groups in total. The van der Waals surface area contributed by atoms with Crippen molar-refractivity contribution in [2.24, 2.45) is 0 Å². The molecule has 5 nitrogen and oxygen atoms in total. The number of nitrogens with zero attached hydrogens (tertiary/aromatic N) is 2. The average molecular weight is 505 g/mol. The molecule has 0 radical (unpaired) electrons. The molecule has 4 aromatic rings. The van der Waals surface area contributed by atoms with Crippen LogP contribution >= 0.6 is 46.6 Å². The van der Waals surface area contributed by atoms with Gasteiger partial charge in [0.25, 0.3) is 5.56 Å². The molecule has 162 valence electrons. The van der Waals surface area contributed by atoms with Gasteiger partial charge >= 0.3 is 0 Å². The molecule has 1 amide bonds. The third-order valence-electron chi connectivity index (χ3n) is 4.78. The molecule has 4 rings (SSSR count). The van der Waals surface area contributed by atoms with Gasteiger partial charge in [-0.2, -0.15) is 0 Å². The van der Waals surface area contributed by atoms with Gasteiger partial charge < -0.3 is 5.32 Å². The minimum Gasteiger partial charge on any atom is -0.324 e. The summed E-state index contributed by atoms with van der Waals surface area (Å²) < 4.78 is 1.49. The number of halogens is 3. The zero-order chi connectivity index (χ0) is 22.8. The van der Waals surface area contributed by atoms with E-state index in [1.165, 1.54) is 4.57 Å². The third kappa shape index (κ3) is 4.50. The van der Waals surface area contributed by atoms with Crippen molar-refractivity contribution in [3.63, 3.8) is 0 Å².